The first kappa shape index (κ1) is 21.8. The average Bonchev–Trinajstić information content (AvgIpc) is 3.17. The van der Waals surface area contributed by atoms with Gasteiger partial charge in [0.2, 0.25) is 0 Å². The van der Waals surface area contributed by atoms with Crippen LogP contribution in [0, 0.1) is 0 Å². The number of alkyl carbamates (subject to hydrolysis) is 1. The van der Waals surface area contributed by atoms with Crippen LogP contribution in [-0.4, -0.2) is 81.0 Å². The molecule has 0 saturated carbocycles. The Kier molecular flexibility index (Phi) is 10.6. The lowest BCUT2D eigenvalue weighted by atomic mass is 9.96. The highest BCUT2D eigenvalue weighted by atomic mass is 19.1. The fraction of sp³-hybridized carbons (Fsp3) is 0.875. The smallest absolute Gasteiger partial charge is 0.408 e. The highest BCUT2D eigenvalue weighted by molar-refractivity contribution is 5.67. The van der Waals surface area contributed by atoms with E-state index in [1.807, 2.05) is 0 Å². The summed E-state index contributed by atoms with van der Waals surface area (Å²) in [4.78, 5) is 22.8. The molecule has 0 spiro atoms. The van der Waals surface area contributed by atoms with E-state index in [-0.39, 0.29) is 38.5 Å². The topological polar surface area (TPSA) is 97.3 Å². The summed E-state index contributed by atoms with van der Waals surface area (Å²) in [5.74, 6) is 0. The van der Waals surface area contributed by atoms with Gasteiger partial charge in [-0.05, 0) is 38.8 Å². The number of aliphatic hydroxyl groups excluding tert-OH is 1. The predicted molar refractivity (Wildman–Crippen MR) is 87.8 cm³/mol. The van der Waals surface area contributed by atoms with Gasteiger partial charge in [0.15, 0.2) is 0 Å². The Morgan fingerprint density at radius 3 is 2.32 bits per heavy atom. The van der Waals surface area contributed by atoms with Crippen molar-refractivity contribution in [3.05, 3.63) is 0 Å². The van der Waals surface area contributed by atoms with Crippen molar-refractivity contribution in [2.24, 2.45) is 0 Å². The summed E-state index contributed by atoms with van der Waals surface area (Å²) >= 11 is 0. The average molecular weight is 364 g/mol. The largest absolute Gasteiger partial charge is 0.453 e. The molecule has 0 unspecified atom stereocenters. The molecule has 2 heterocycles. The Hall–Kier alpha value is -1.29. The molecule has 0 aromatic rings. The summed E-state index contributed by atoms with van der Waals surface area (Å²) in [5, 5.41) is 11.5. The van der Waals surface area contributed by atoms with Crippen molar-refractivity contribution in [1.29, 1.82) is 0 Å². The highest BCUT2D eigenvalue weighted by Gasteiger charge is 2.43. The number of hydrogen-bond donors (Lipinski definition) is 2. The second kappa shape index (κ2) is 12.1. The van der Waals surface area contributed by atoms with E-state index in [9.17, 15) is 19.1 Å². The lowest BCUT2D eigenvalue weighted by Crippen LogP contribution is -2.41. The van der Waals surface area contributed by atoms with E-state index in [0.717, 1.165) is 0 Å². The van der Waals surface area contributed by atoms with Gasteiger partial charge in [-0.2, -0.15) is 4.39 Å². The molecule has 0 bridgehead atoms. The number of amides is 1. The predicted octanol–water partition coefficient (Wildman–Crippen LogP) is 0.826. The number of hydrogen-bond acceptors (Lipinski definition) is 7. The maximum atomic E-state index is 11.6. The van der Waals surface area contributed by atoms with E-state index in [0.29, 0.717) is 6.61 Å². The molecular weight excluding hydrogens is 335 g/mol. The van der Waals surface area contributed by atoms with E-state index in [1.54, 1.807) is 0 Å². The zero-order valence-electron chi connectivity index (χ0n) is 14.8. The van der Waals surface area contributed by atoms with Crippen molar-refractivity contribution in [3.8, 4) is 0 Å². The minimum Gasteiger partial charge on any atom is -0.453 e. The Bertz CT molecular complexity index is 400. The van der Waals surface area contributed by atoms with Crippen molar-refractivity contribution in [2.45, 2.75) is 37.6 Å². The number of carbonyl (C=O) groups is 2. The van der Waals surface area contributed by atoms with Crippen molar-refractivity contribution in [2.75, 3.05) is 53.4 Å². The van der Waals surface area contributed by atoms with Crippen LogP contribution < -0.4 is 5.32 Å². The SMILES string of the molecule is COC(=O)NCOCCOCCC(=O)F.OCC12CCCN1CCC2. The van der Waals surface area contributed by atoms with Gasteiger partial charge >= 0.3 is 12.1 Å². The van der Waals surface area contributed by atoms with Crippen LogP contribution in [0.25, 0.3) is 0 Å². The summed E-state index contributed by atoms with van der Waals surface area (Å²) in [6, 6.07) is -1.40. The van der Waals surface area contributed by atoms with E-state index in [2.05, 4.69) is 15.0 Å². The maximum Gasteiger partial charge on any atom is 0.408 e. The molecule has 2 fully saturated rings. The second-order valence-corrected chi connectivity index (χ2v) is 6.02. The number of carbonyl (C=O) groups excluding carboxylic acids is 2. The maximum absolute atomic E-state index is 11.6. The number of rotatable bonds is 9. The van der Waals surface area contributed by atoms with Gasteiger partial charge in [0.25, 0.3) is 0 Å². The lowest BCUT2D eigenvalue weighted by Gasteiger charge is -2.29. The van der Waals surface area contributed by atoms with Crippen LogP contribution in [0.15, 0.2) is 0 Å². The second-order valence-electron chi connectivity index (χ2n) is 6.02. The standard InChI is InChI=1S/C8H14FNO5.C8H15NO/c1-13-8(12)10-6-15-5-4-14-3-2-7(9)11;10-7-8-3-1-5-9(8)6-2-4-8/h2-6H2,1H3,(H,10,12);10H,1-7H2. The molecule has 8 nitrogen and oxygen atoms in total. The number of fused-ring (bicyclic) bond motifs is 1. The summed E-state index contributed by atoms with van der Waals surface area (Å²) in [6.45, 7) is 3.34. The molecular formula is C16H29FN2O6. The number of ether oxygens (including phenoxy) is 3. The van der Waals surface area contributed by atoms with E-state index >= 15 is 0 Å². The molecule has 146 valence electrons. The first-order chi connectivity index (χ1) is 12.0. The van der Waals surface area contributed by atoms with Crippen LogP contribution in [0.3, 0.4) is 0 Å². The molecule has 0 aromatic heterocycles. The van der Waals surface area contributed by atoms with Gasteiger partial charge in [0.05, 0.1) is 40.0 Å². The minimum atomic E-state index is -1.40. The molecule has 2 N–H and O–H groups in total. The first-order valence-electron chi connectivity index (χ1n) is 8.55. The molecule has 0 aliphatic carbocycles. The first-order valence-corrected chi connectivity index (χ1v) is 8.55. The summed E-state index contributed by atoms with van der Waals surface area (Å²) in [7, 11) is 1.24. The zero-order valence-corrected chi connectivity index (χ0v) is 14.8. The molecule has 25 heavy (non-hydrogen) atoms. The van der Waals surface area contributed by atoms with Crippen LogP contribution in [-0.2, 0) is 19.0 Å². The fourth-order valence-corrected chi connectivity index (χ4v) is 3.11. The molecule has 9 heteroatoms. The van der Waals surface area contributed by atoms with Crippen molar-refractivity contribution < 1.29 is 33.3 Å². The third kappa shape index (κ3) is 8.08. The molecule has 0 atom stereocenters. The molecule has 0 radical (unpaired) electrons. The van der Waals surface area contributed by atoms with E-state index < -0.39 is 12.1 Å². The van der Waals surface area contributed by atoms with Gasteiger partial charge in [-0.3, -0.25) is 15.0 Å². The fourth-order valence-electron chi connectivity index (χ4n) is 3.11. The highest BCUT2D eigenvalue weighted by Crippen LogP contribution is 2.37. The normalized spacial score (nSPS) is 18.2. The number of nitrogens with one attached hydrogen (secondary N) is 1. The van der Waals surface area contributed by atoms with Gasteiger partial charge in [-0.25, -0.2) is 4.79 Å². The van der Waals surface area contributed by atoms with Crippen LogP contribution in [0.5, 0.6) is 0 Å². The van der Waals surface area contributed by atoms with Gasteiger partial charge in [-0.1, -0.05) is 0 Å². The van der Waals surface area contributed by atoms with Gasteiger partial charge in [0.1, 0.15) is 6.73 Å². The molecule has 2 aliphatic heterocycles. The van der Waals surface area contributed by atoms with E-state index in [4.69, 9.17) is 9.47 Å². The third-order valence-corrected chi connectivity index (χ3v) is 4.42. The Morgan fingerprint density at radius 2 is 1.80 bits per heavy atom. The van der Waals surface area contributed by atoms with E-state index in [1.165, 1.54) is 45.9 Å². The molecule has 1 amide bonds. The molecule has 2 rings (SSSR count). The van der Waals surface area contributed by atoms with Gasteiger partial charge in [-0.15, -0.1) is 0 Å². The molecule has 2 saturated heterocycles. The Labute approximate surface area is 147 Å². The molecule has 2 aliphatic rings. The van der Waals surface area contributed by atoms with Crippen molar-refractivity contribution in [1.82, 2.24) is 10.2 Å². The van der Waals surface area contributed by atoms with Gasteiger partial charge < -0.3 is 19.3 Å². The zero-order chi connectivity index (χ0) is 18.5. The summed E-state index contributed by atoms with van der Waals surface area (Å²) in [5.41, 5.74) is 0.236. The number of nitrogens with zero attached hydrogens (tertiary/aromatic N) is 1. The number of halogens is 1. The summed E-state index contributed by atoms with van der Waals surface area (Å²) < 4.78 is 25.7. The monoisotopic (exact) mass is 364 g/mol. The molecule has 0 aromatic carbocycles. The third-order valence-electron chi connectivity index (χ3n) is 4.42. The summed E-state index contributed by atoms with van der Waals surface area (Å²) in [6.07, 6.45) is 4.20. The Balaban J connectivity index is 0.000000267. The number of methoxy groups -OCH3 is 1. The minimum absolute atomic E-state index is 0.0120. The number of aliphatic hydroxyl groups is 1. The van der Waals surface area contributed by atoms with Crippen LogP contribution in [0.4, 0.5) is 9.18 Å². The van der Waals surface area contributed by atoms with Crippen LogP contribution in [0.2, 0.25) is 0 Å². The lowest BCUT2D eigenvalue weighted by molar-refractivity contribution is -0.130. The van der Waals surface area contributed by atoms with Crippen LogP contribution in [0.1, 0.15) is 32.1 Å². The van der Waals surface area contributed by atoms with Crippen molar-refractivity contribution >= 4 is 12.1 Å². The quantitative estimate of drug-likeness (QED) is 0.355. The van der Waals surface area contributed by atoms with Gasteiger partial charge in [0, 0.05) is 5.54 Å². The van der Waals surface area contributed by atoms with Crippen molar-refractivity contribution in [3.63, 3.8) is 0 Å². The van der Waals surface area contributed by atoms with Crippen LogP contribution >= 0.6 is 0 Å². The Morgan fingerprint density at radius 1 is 1.16 bits per heavy atom.